The second-order valence-corrected chi connectivity index (χ2v) is 2.72. The zero-order chi connectivity index (χ0) is 6.69. The lowest BCUT2D eigenvalue weighted by Gasteiger charge is -2.13. The topological polar surface area (TPSA) is 3.24 Å². The highest BCUT2D eigenvalue weighted by Crippen LogP contribution is 2.08. The summed E-state index contributed by atoms with van der Waals surface area (Å²) in [5.41, 5.74) is 0. The van der Waals surface area contributed by atoms with Crippen molar-refractivity contribution in [3.8, 4) is 0 Å². The minimum absolute atomic E-state index is 0.731. The number of likely N-dealkylation sites (N-methyl/N-ethyl adjacent to an activating group) is 1. The van der Waals surface area contributed by atoms with Crippen molar-refractivity contribution in [2.45, 2.75) is 19.7 Å². The Bertz CT molecular complexity index is 111. The summed E-state index contributed by atoms with van der Waals surface area (Å²) < 4.78 is 0. The van der Waals surface area contributed by atoms with Gasteiger partial charge in [0.2, 0.25) is 6.85 Å². The SMILES string of the molecule is CCCB1C=CCN1C. The first-order chi connectivity index (χ1) is 4.34. The van der Waals surface area contributed by atoms with Crippen LogP contribution in [0.1, 0.15) is 13.3 Å². The Kier molecular flexibility index (Phi) is 2.34. The van der Waals surface area contributed by atoms with Gasteiger partial charge in [-0.1, -0.05) is 25.7 Å². The first kappa shape index (κ1) is 6.88. The molecule has 50 valence electrons. The number of hydrogen-bond donors (Lipinski definition) is 0. The molecule has 2 heteroatoms. The van der Waals surface area contributed by atoms with Crippen LogP contribution in [0.25, 0.3) is 0 Å². The highest BCUT2D eigenvalue weighted by Gasteiger charge is 2.17. The van der Waals surface area contributed by atoms with Crippen molar-refractivity contribution in [3.05, 3.63) is 12.1 Å². The molecule has 1 heterocycles. The third kappa shape index (κ3) is 1.58. The van der Waals surface area contributed by atoms with Gasteiger partial charge in [-0.25, -0.2) is 0 Å². The molecule has 0 fully saturated rings. The molecule has 0 bridgehead atoms. The minimum Gasteiger partial charge on any atom is -0.338 e. The smallest absolute Gasteiger partial charge is 0.249 e. The van der Waals surface area contributed by atoms with Gasteiger partial charge in [0.05, 0.1) is 0 Å². The van der Waals surface area contributed by atoms with Crippen LogP contribution in [0.15, 0.2) is 12.1 Å². The van der Waals surface area contributed by atoms with Gasteiger partial charge in [0.1, 0.15) is 0 Å². The molecular weight excluding hydrogens is 109 g/mol. The largest absolute Gasteiger partial charge is 0.338 e. The summed E-state index contributed by atoms with van der Waals surface area (Å²) in [7, 11) is 2.18. The van der Waals surface area contributed by atoms with Crippen molar-refractivity contribution in [1.82, 2.24) is 4.81 Å². The standard InChI is InChI=1S/C7H14BN/c1-3-5-8-6-4-7-9(8)2/h4,6H,3,5,7H2,1-2H3. The van der Waals surface area contributed by atoms with Crippen molar-refractivity contribution in [2.24, 2.45) is 0 Å². The van der Waals surface area contributed by atoms with Crippen LogP contribution in [0.2, 0.25) is 6.32 Å². The quantitative estimate of drug-likeness (QED) is 0.502. The molecule has 0 radical (unpaired) electrons. The predicted molar refractivity (Wildman–Crippen MR) is 42.6 cm³/mol. The molecule has 0 unspecified atom stereocenters. The lowest BCUT2D eigenvalue weighted by atomic mass is 9.59. The molecule has 1 nitrogen and oxygen atoms in total. The molecule has 1 aliphatic heterocycles. The van der Waals surface area contributed by atoms with Crippen LogP contribution < -0.4 is 0 Å². The first-order valence-corrected chi connectivity index (χ1v) is 3.71. The van der Waals surface area contributed by atoms with E-state index in [1.807, 2.05) is 0 Å². The molecular formula is C7H14BN. The zero-order valence-electron chi connectivity index (χ0n) is 6.30. The second kappa shape index (κ2) is 3.07. The molecule has 0 aromatic rings. The van der Waals surface area contributed by atoms with Gasteiger partial charge in [-0.15, -0.1) is 5.98 Å². The molecule has 0 saturated heterocycles. The van der Waals surface area contributed by atoms with Gasteiger partial charge in [-0.3, -0.25) is 0 Å². The Morgan fingerprint density at radius 3 is 2.89 bits per heavy atom. The van der Waals surface area contributed by atoms with Gasteiger partial charge in [-0.05, 0) is 7.05 Å². The van der Waals surface area contributed by atoms with Gasteiger partial charge >= 0.3 is 0 Å². The van der Waals surface area contributed by atoms with Crippen LogP contribution in [0, 0.1) is 0 Å². The molecule has 0 N–H and O–H groups in total. The Hall–Kier alpha value is -0.235. The van der Waals surface area contributed by atoms with Crippen LogP contribution in [0.3, 0.4) is 0 Å². The molecule has 9 heavy (non-hydrogen) atoms. The first-order valence-electron chi connectivity index (χ1n) is 3.71. The summed E-state index contributed by atoms with van der Waals surface area (Å²) in [4.78, 5) is 2.38. The summed E-state index contributed by atoms with van der Waals surface area (Å²) in [6.07, 6.45) is 4.85. The fourth-order valence-electron chi connectivity index (χ4n) is 1.28. The van der Waals surface area contributed by atoms with Crippen LogP contribution in [-0.2, 0) is 0 Å². The van der Waals surface area contributed by atoms with E-state index in [0.717, 1.165) is 13.4 Å². The molecule has 0 atom stereocenters. The zero-order valence-corrected chi connectivity index (χ0v) is 6.30. The highest BCUT2D eigenvalue weighted by atomic mass is 15.0. The Balaban J connectivity index is 2.31. The monoisotopic (exact) mass is 123 g/mol. The van der Waals surface area contributed by atoms with Gasteiger partial charge in [0, 0.05) is 6.54 Å². The van der Waals surface area contributed by atoms with E-state index >= 15 is 0 Å². The summed E-state index contributed by atoms with van der Waals surface area (Å²) in [6.45, 7) is 4.11. The van der Waals surface area contributed by atoms with E-state index in [0.29, 0.717) is 0 Å². The summed E-state index contributed by atoms with van der Waals surface area (Å²) in [6, 6.07) is 0. The van der Waals surface area contributed by atoms with Crippen molar-refractivity contribution < 1.29 is 0 Å². The average Bonchev–Trinajstić information content (AvgIpc) is 2.18. The molecule has 0 amide bonds. The third-order valence-electron chi connectivity index (χ3n) is 1.90. The third-order valence-corrected chi connectivity index (χ3v) is 1.90. The van der Waals surface area contributed by atoms with Gasteiger partial charge in [-0.2, -0.15) is 0 Å². The van der Waals surface area contributed by atoms with E-state index in [4.69, 9.17) is 0 Å². The van der Waals surface area contributed by atoms with E-state index in [-0.39, 0.29) is 0 Å². The number of hydrogen-bond acceptors (Lipinski definition) is 1. The molecule has 0 aromatic carbocycles. The summed E-state index contributed by atoms with van der Waals surface area (Å²) in [5.74, 6) is 2.31. The van der Waals surface area contributed by atoms with Crippen LogP contribution in [0.4, 0.5) is 0 Å². The lowest BCUT2D eigenvalue weighted by molar-refractivity contribution is 0.596. The Morgan fingerprint density at radius 2 is 2.44 bits per heavy atom. The fraction of sp³-hybridized carbons (Fsp3) is 0.714. The molecule has 0 saturated carbocycles. The predicted octanol–water partition coefficient (Wildman–Crippen LogP) is 1.43. The molecule has 0 aromatic heterocycles. The Morgan fingerprint density at radius 1 is 1.67 bits per heavy atom. The molecule has 1 rings (SSSR count). The molecule has 1 aliphatic rings. The normalized spacial score (nSPS) is 19.6. The van der Waals surface area contributed by atoms with E-state index in [1.54, 1.807) is 0 Å². The maximum absolute atomic E-state index is 2.38. The van der Waals surface area contributed by atoms with Crippen molar-refractivity contribution in [3.63, 3.8) is 0 Å². The number of rotatable bonds is 2. The molecule has 0 spiro atoms. The van der Waals surface area contributed by atoms with E-state index in [2.05, 4.69) is 30.8 Å². The highest BCUT2D eigenvalue weighted by molar-refractivity contribution is 6.62. The number of nitrogens with zero attached hydrogens (tertiary/aromatic N) is 1. The van der Waals surface area contributed by atoms with Gasteiger partial charge in [0.25, 0.3) is 0 Å². The van der Waals surface area contributed by atoms with Gasteiger partial charge < -0.3 is 4.81 Å². The maximum Gasteiger partial charge on any atom is 0.249 e. The lowest BCUT2D eigenvalue weighted by Crippen LogP contribution is -2.29. The molecule has 0 aliphatic carbocycles. The van der Waals surface area contributed by atoms with Crippen molar-refractivity contribution >= 4 is 6.85 Å². The summed E-state index contributed by atoms with van der Waals surface area (Å²) in [5, 5.41) is 0. The van der Waals surface area contributed by atoms with E-state index < -0.39 is 0 Å². The van der Waals surface area contributed by atoms with Crippen molar-refractivity contribution in [1.29, 1.82) is 0 Å². The fourth-order valence-corrected chi connectivity index (χ4v) is 1.28. The van der Waals surface area contributed by atoms with E-state index in [9.17, 15) is 0 Å². The Labute approximate surface area is 57.8 Å². The average molecular weight is 123 g/mol. The van der Waals surface area contributed by atoms with Crippen LogP contribution in [0.5, 0.6) is 0 Å². The summed E-state index contributed by atoms with van der Waals surface area (Å²) >= 11 is 0. The second-order valence-electron chi connectivity index (χ2n) is 2.72. The van der Waals surface area contributed by atoms with Crippen molar-refractivity contribution in [2.75, 3.05) is 13.6 Å². The van der Waals surface area contributed by atoms with Crippen LogP contribution >= 0.6 is 0 Å². The minimum atomic E-state index is 0.731. The van der Waals surface area contributed by atoms with E-state index in [1.165, 1.54) is 12.7 Å². The maximum atomic E-state index is 2.38. The van der Waals surface area contributed by atoms with Gasteiger partial charge in [0.15, 0.2) is 0 Å². The van der Waals surface area contributed by atoms with Crippen LogP contribution in [-0.4, -0.2) is 25.3 Å².